The van der Waals surface area contributed by atoms with E-state index in [1.807, 2.05) is 86.6 Å². The number of hydrogen-bond acceptors (Lipinski definition) is 3. The Bertz CT molecular complexity index is 2800. The van der Waals surface area contributed by atoms with E-state index in [1.165, 1.54) is 24.3 Å². The number of aromatic amines is 2. The van der Waals surface area contributed by atoms with Crippen molar-refractivity contribution in [2.75, 3.05) is 0 Å². The number of nitrogens with one attached hydrogen (secondary N) is 2. The smallest absolute Gasteiger partial charge is 0.456 e. The van der Waals surface area contributed by atoms with Gasteiger partial charge < -0.3 is 32.0 Å². The van der Waals surface area contributed by atoms with E-state index in [-0.39, 0.29) is 27.8 Å². The second kappa shape index (κ2) is 9.89. The molecule has 0 unspecified atom stereocenters. The molecule has 3 aliphatic rings. The van der Waals surface area contributed by atoms with Gasteiger partial charge in [-0.25, -0.2) is 0 Å². The Kier molecular flexibility index (Phi) is 5.77. The van der Waals surface area contributed by atoms with Crippen molar-refractivity contribution < 1.29 is 22.5 Å². The third kappa shape index (κ3) is 3.97. The molecule has 48 heavy (non-hydrogen) atoms. The van der Waals surface area contributed by atoms with Crippen molar-refractivity contribution in [2.24, 2.45) is 0 Å². The van der Waals surface area contributed by atoms with E-state index in [4.69, 9.17) is 4.42 Å². The topological polar surface area (TPSA) is 95.8 Å². The van der Waals surface area contributed by atoms with Crippen LogP contribution in [0.3, 0.4) is 0 Å². The molecule has 8 bridgehead atoms. The van der Waals surface area contributed by atoms with Gasteiger partial charge >= 0.3 is 12.7 Å². The molecule has 4 aromatic heterocycles. The molecule has 0 aliphatic carbocycles. The minimum atomic E-state index is -4.58. The molecule has 0 spiro atoms. The van der Waals surface area contributed by atoms with Crippen LogP contribution in [-0.4, -0.2) is 36.5 Å². The Balaban J connectivity index is 1.50. The predicted octanol–water partition coefficient (Wildman–Crippen LogP) is 3.90. The molecule has 8 nitrogen and oxygen atoms in total. The van der Waals surface area contributed by atoms with Gasteiger partial charge in [0.05, 0.1) is 26.3 Å². The van der Waals surface area contributed by atoms with E-state index in [1.54, 1.807) is 12.1 Å². The lowest BCUT2D eigenvalue weighted by atomic mass is 9.91. The highest BCUT2D eigenvalue weighted by Gasteiger charge is 2.55. The summed E-state index contributed by atoms with van der Waals surface area (Å²) in [5.41, 5.74) is 4.97. The van der Waals surface area contributed by atoms with Crippen LogP contribution < -0.4 is 21.4 Å². The summed E-state index contributed by atoms with van der Waals surface area (Å²) >= 11 is 0. The number of halogens is 2. The minimum absolute atomic E-state index is 0.128. The van der Waals surface area contributed by atoms with Gasteiger partial charge in [-0.05, 0) is 73.5 Å². The molecule has 0 saturated heterocycles. The fraction of sp³-hybridized carbons (Fsp3) is 0.0541. The van der Waals surface area contributed by atoms with Crippen molar-refractivity contribution in [3.05, 3.63) is 185 Å². The number of hydrogen-bond donors (Lipinski definition) is 2. The first-order chi connectivity index (χ1) is 23.2. The summed E-state index contributed by atoms with van der Waals surface area (Å²) in [4.78, 5) is 18.6. The third-order valence-corrected chi connectivity index (χ3v) is 9.37. The van der Waals surface area contributed by atoms with Crippen molar-refractivity contribution in [3.8, 4) is 0 Å². The highest BCUT2D eigenvalue weighted by Crippen LogP contribution is 2.30. The van der Waals surface area contributed by atoms with Crippen molar-refractivity contribution in [1.82, 2.24) is 14.4 Å². The molecule has 9 rings (SSSR count). The summed E-state index contributed by atoms with van der Waals surface area (Å²) in [5.74, 6) is 1.17. The molecule has 3 aliphatic heterocycles. The summed E-state index contributed by atoms with van der Waals surface area (Å²) < 4.78 is 42.3. The maximum atomic E-state index is 17.0. The van der Waals surface area contributed by atoms with Gasteiger partial charge in [0.15, 0.2) is 5.70 Å². The molecule has 0 atom stereocenters. The minimum Gasteiger partial charge on any atom is -0.456 e. The number of nitrogens with zero attached hydrogens (tertiary/aromatic N) is 3. The second-order valence-electron chi connectivity index (χ2n) is 12.4. The van der Waals surface area contributed by atoms with Crippen LogP contribution >= 0.6 is 0 Å². The highest BCUT2D eigenvalue weighted by atomic mass is 19.2. The number of aryl methyl sites for hydroxylation is 2. The third-order valence-electron chi connectivity index (χ3n) is 9.37. The molecular formula is C37H26BF2N5O3. The Labute approximate surface area is 270 Å². The normalized spacial score (nSPS) is 15.9. The van der Waals surface area contributed by atoms with E-state index < -0.39 is 11.9 Å². The molecular weight excluding hydrogens is 611 g/mol. The monoisotopic (exact) mass is 637 g/mol. The average molecular weight is 637 g/mol. The maximum absolute atomic E-state index is 17.0. The zero-order valence-corrected chi connectivity index (χ0v) is 25.8. The molecule has 0 fully saturated rings. The maximum Gasteiger partial charge on any atom is 0.738 e. The van der Waals surface area contributed by atoms with Gasteiger partial charge in [0.1, 0.15) is 16.9 Å². The quantitative estimate of drug-likeness (QED) is 0.175. The number of furan rings is 1. The van der Waals surface area contributed by atoms with E-state index >= 15 is 8.63 Å². The fourth-order valence-electron chi connectivity index (χ4n) is 7.11. The molecule has 2 aromatic carbocycles. The zero-order chi connectivity index (χ0) is 32.9. The Hall–Kier alpha value is -6.23. The van der Waals surface area contributed by atoms with E-state index in [2.05, 4.69) is 9.97 Å². The first-order valence-corrected chi connectivity index (χ1v) is 15.5. The van der Waals surface area contributed by atoms with Crippen LogP contribution in [0.1, 0.15) is 33.8 Å². The van der Waals surface area contributed by atoms with Crippen molar-refractivity contribution in [1.29, 1.82) is 0 Å². The summed E-state index contributed by atoms with van der Waals surface area (Å²) in [6.45, 7) is -0.560. The van der Waals surface area contributed by atoms with Crippen LogP contribution in [0, 0.1) is 34.7 Å². The molecule has 6 aromatic rings. The molecule has 7 heterocycles. The predicted molar refractivity (Wildman–Crippen MR) is 178 cm³/mol. The Morgan fingerprint density at radius 3 is 1.79 bits per heavy atom. The first-order valence-electron chi connectivity index (χ1n) is 15.5. The van der Waals surface area contributed by atoms with Crippen molar-refractivity contribution in [3.63, 3.8) is 0 Å². The van der Waals surface area contributed by atoms with Crippen LogP contribution in [0.4, 0.5) is 8.63 Å². The molecule has 0 saturated carbocycles. The van der Waals surface area contributed by atoms with Crippen molar-refractivity contribution >= 4 is 35.2 Å². The number of nitro groups is 1. The summed E-state index contributed by atoms with van der Waals surface area (Å²) in [6.07, 6.45) is 2.90. The number of benzene rings is 2. The van der Waals surface area contributed by atoms with Gasteiger partial charge in [-0.15, -0.1) is 0 Å². The van der Waals surface area contributed by atoms with Gasteiger partial charge in [-0.2, -0.15) is 0 Å². The highest BCUT2D eigenvalue weighted by molar-refractivity contribution is 6.59. The van der Waals surface area contributed by atoms with Gasteiger partial charge in [-0.3, -0.25) is 10.1 Å². The number of H-pyrrole nitrogens is 2. The summed E-state index contributed by atoms with van der Waals surface area (Å²) in [6, 6.07) is 29.8. The standard InChI is InChI=1S/C37H26BF2N5O3/c1-21-3-7-23(8-4-21)35-27-13-11-25(41-27)29-15-17-31-37(45(46)47)32-18-16-30(44(32)38(39,40)43(29)31)26-12-14-28(42-26)36(34-20-19-33(35)48-34)24-9-5-22(2)6-10-24/h3-20,41-42H,1-2H3. The van der Waals surface area contributed by atoms with Crippen LogP contribution in [0.15, 0.2) is 114 Å². The Morgan fingerprint density at radius 2 is 1.21 bits per heavy atom. The summed E-state index contributed by atoms with van der Waals surface area (Å²) in [5, 5.41) is 14.5. The second-order valence-corrected chi connectivity index (χ2v) is 12.4. The van der Waals surface area contributed by atoms with E-state index in [0.717, 1.165) is 42.4 Å². The van der Waals surface area contributed by atoms with E-state index in [9.17, 15) is 10.1 Å². The molecule has 234 valence electrons. The fourth-order valence-corrected chi connectivity index (χ4v) is 7.11. The lowest BCUT2D eigenvalue weighted by Crippen LogP contribution is -2.57. The average Bonchev–Trinajstić information content (AvgIpc) is 3.89. The largest absolute Gasteiger partial charge is 0.738 e. The Morgan fingerprint density at radius 1 is 0.688 bits per heavy atom. The molecule has 2 N–H and O–H groups in total. The molecule has 0 radical (unpaired) electrons. The lowest BCUT2D eigenvalue weighted by Gasteiger charge is -2.26. The van der Waals surface area contributed by atoms with Gasteiger partial charge in [-0.1, -0.05) is 59.7 Å². The molecule has 0 amide bonds. The van der Waals surface area contributed by atoms with Gasteiger partial charge in [0.2, 0.25) is 5.71 Å². The van der Waals surface area contributed by atoms with Crippen LogP contribution in [0.5, 0.6) is 0 Å². The SMILES string of the molecule is Cc1ccc(C2=c3ccc([nH]3)=C3C=CC4=[N+]3[B-](F)(F)n3c(ccc3=c3ccc([nH]3)=C(c3ccc(C)cc3)c3ccc2o3)=C4[N+](=O)[O-])cc1. The van der Waals surface area contributed by atoms with Gasteiger partial charge in [0.25, 0.3) is 0 Å². The molecule has 11 heteroatoms. The van der Waals surface area contributed by atoms with E-state index in [0.29, 0.717) is 32.9 Å². The van der Waals surface area contributed by atoms with Crippen LogP contribution in [-0.2, 0) is 0 Å². The number of fused-ring (bicyclic) bond motifs is 6. The first kappa shape index (κ1) is 28.0. The van der Waals surface area contributed by atoms with Crippen molar-refractivity contribution in [2.45, 2.75) is 13.8 Å². The number of aromatic nitrogens is 3. The van der Waals surface area contributed by atoms with Gasteiger partial charge in [0, 0.05) is 28.6 Å². The zero-order valence-electron chi connectivity index (χ0n) is 25.8. The number of rotatable bonds is 3. The summed E-state index contributed by atoms with van der Waals surface area (Å²) in [7, 11) is 0. The lowest BCUT2D eigenvalue weighted by molar-refractivity contribution is -0.385. The van der Waals surface area contributed by atoms with Crippen LogP contribution in [0.2, 0.25) is 0 Å². The van der Waals surface area contributed by atoms with Crippen LogP contribution in [0.25, 0.3) is 22.5 Å².